The predicted molar refractivity (Wildman–Crippen MR) is 132 cm³/mol. The van der Waals surface area contributed by atoms with Gasteiger partial charge >= 0.3 is 17.9 Å². The Morgan fingerprint density at radius 1 is 1.00 bits per heavy atom. The van der Waals surface area contributed by atoms with Crippen molar-refractivity contribution in [2.24, 2.45) is 34.5 Å². The van der Waals surface area contributed by atoms with Crippen LogP contribution in [0.15, 0.2) is 11.1 Å². The number of carbonyl (C=O) groups is 3. The van der Waals surface area contributed by atoms with E-state index in [1.54, 1.807) is 5.57 Å². The monoisotopic (exact) mass is 488 g/mol. The first-order chi connectivity index (χ1) is 16.5. The summed E-state index contributed by atoms with van der Waals surface area (Å²) in [4.78, 5) is 35.7. The van der Waals surface area contributed by atoms with Crippen LogP contribution in [0.1, 0.15) is 98.8 Å². The van der Waals surface area contributed by atoms with E-state index in [1.165, 1.54) is 26.5 Å². The highest BCUT2D eigenvalue weighted by molar-refractivity contribution is 5.69. The SMILES string of the molecule is COC(=O)CC[C@H](C)[C@H]1CCC2=C3CC[C@@H]4C[C@H](OC(C)=O)CC[C@]4(C)[C@@H]3C[C@H](OC(C)=O)[C@@]21C. The van der Waals surface area contributed by atoms with E-state index in [0.29, 0.717) is 30.1 Å². The van der Waals surface area contributed by atoms with Gasteiger partial charge < -0.3 is 14.2 Å². The van der Waals surface area contributed by atoms with E-state index in [1.807, 2.05) is 0 Å². The summed E-state index contributed by atoms with van der Waals surface area (Å²) in [7, 11) is 1.45. The van der Waals surface area contributed by atoms with Crippen molar-refractivity contribution >= 4 is 17.9 Å². The minimum Gasteiger partial charge on any atom is -0.469 e. The molecule has 196 valence electrons. The Kier molecular flexibility index (Phi) is 7.41. The summed E-state index contributed by atoms with van der Waals surface area (Å²) >= 11 is 0. The smallest absolute Gasteiger partial charge is 0.305 e. The van der Waals surface area contributed by atoms with Crippen molar-refractivity contribution in [1.82, 2.24) is 0 Å². The van der Waals surface area contributed by atoms with Crippen LogP contribution in [-0.2, 0) is 28.6 Å². The molecule has 4 aliphatic carbocycles. The second kappa shape index (κ2) is 9.89. The Morgan fingerprint density at radius 3 is 2.37 bits per heavy atom. The summed E-state index contributed by atoms with van der Waals surface area (Å²) in [6.45, 7) is 10.1. The summed E-state index contributed by atoms with van der Waals surface area (Å²) in [5.74, 6) is 1.11. The third kappa shape index (κ3) is 4.67. The second-order valence-corrected chi connectivity index (χ2v) is 12.2. The normalized spacial score (nSPS) is 39.1. The van der Waals surface area contributed by atoms with E-state index in [-0.39, 0.29) is 40.9 Å². The van der Waals surface area contributed by atoms with E-state index < -0.39 is 0 Å². The molecule has 35 heavy (non-hydrogen) atoms. The molecule has 6 heteroatoms. The molecule has 4 aliphatic rings. The molecule has 0 N–H and O–H groups in total. The first-order valence-electron chi connectivity index (χ1n) is 13.6. The number of carbonyl (C=O) groups excluding carboxylic acids is 3. The quantitative estimate of drug-likeness (QED) is 0.268. The maximum atomic E-state index is 12.3. The molecular weight excluding hydrogens is 444 g/mol. The Bertz CT molecular complexity index is 892. The van der Waals surface area contributed by atoms with Crippen LogP contribution in [0, 0.1) is 34.5 Å². The van der Waals surface area contributed by atoms with Crippen molar-refractivity contribution in [3.63, 3.8) is 0 Å². The number of hydrogen-bond acceptors (Lipinski definition) is 6. The minimum absolute atomic E-state index is 0.0319. The van der Waals surface area contributed by atoms with Crippen LogP contribution in [0.3, 0.4) is 0 Å². The van der Waals surface area contributed by atoms with Gasteiger partial charge in [-0.25, -0.2) is 0 Å². The molecule has 0 aromatic rings. The molecular formula is C29H44O6. The minimum atomic E-state index is -0.206. The van der Waals surface area contributed by atoms with Gasteiger partial charge in [0.25, 0.3) is 0 Å². The van der Waals surface area contributed by atoms with Gasteiger partial charge in [-0.1, -0.05) is 31.9 Å². The third-order valence-electron chi connectivity index (χ3n) is 10.5. The largest absolute Gasteiger partial charge is 0.469 e. The Hall–Kier alpha value is -1.85. The molecule has 0 aromatic heterocycles. The number of fused-ring (bicyclic) bond motifs is 4. The molecule has 3 saturated carbocycles. The topological polar surface area (TPSA) is 78.9 Å². The molecule has 6 nitrogen and oxygen atoms in total. The first-order valence-corrected chi connectivity index (χ1v) is 13.6. The number of allylic oxidation sites excluding steroid dienone is 1. The highest BCUT2D eigenvalue weighted by atomic mass is 16.5. The van der Waals surface area contributed by atoms with Crippen LogP contribution in [0.2, 0.25) is 0 Å². The molecule has 8 atom stereocenters. The average Bonchev–Trinajstić information content (AvgIpc) is 3.16. The number of rotatable bonds is 6. The van der Waals surface area contributed by atoms with Crippen LogP contribution in [0.4, 0.5) is 0 Å². The van der Waals surface area contributed by atoms with Crippen LogP contribution in [0.5, 0.6) is 0 Å². The molecule has 0 aliphatic heterocycles. The van der Waals surface area contributed by atoms with Gasteiger partial charge in [-0.2, -0.15) is 0 Å². The van der Waals surface area contributed by atoms with Crippen molar-refractivity contribution in [3.05, 3.63) is 11.1 Å². The fourth-order valence-corrected chi connectivity index (χ4v) is 8.69. The van der Waals surface area contributed by atoms with Crippen LogP contribution in [-0.4, -0.2) is 37.2 Å². The van der Waals surface area contributed by atoms with Gasteiger partial charge in [0.15, 0.2) is 0 Å². The van der Waals surface area contributed by atoms with E-state index >= 15 is 0 Å². The standard InChI is InChI=1S/C29H44O6/c1-17(7-12-27(32)33-6)23-10-11-24-22-9-8-20-15-21(34-18(2)30)13-14-28(20,4)25(22)16-26(29(23,24)5)35-19(3)31/h17,20-21,23,25-26H,7-16H2,1-6H3/t17-,20+,21+,23+,25+,26-,28-,29+/m0/s1. The number of ether oxygens (including phenoxy) is 3. The fraction of sp³-hybridized carbons (Fsp3) is 0.828. The Balaban J connectivity index is 1.64. The number of esters is 3. The molecule has 0 amide bonds. The lowest BCUT2D eigenvalue weighted by Gasteiger charge is -2.58. The fourth-order valence-electron chi connectivity index (χ4n) is 8.69. The summed E-state index contributed by atoms with van der Waals surface area (Å²) in [5, 5.41) is 0. The van der Waals surface area contributed by atoms with E-state index in [2.05, 4.69) is 20.8 Å². The zero-order chi connectivity index (χ0) is 25.5. The molecule has 0 spiro atoms. The van der Waals surface area contributed by atoms with Crippen LogP contribution >= 0.6 is 0 Å². The maximum absolute atomic E-state index is 12.3. The summed E-state index contributed by atoms with van der Waals surface area (Å²) in [5.41, 5.74) is 3.14. The van der Waals surface area contributed by atoms with Gasteiger partial charge in [0.05, 0.1) is 7.11 Å². The van der Waals surface area contributed by atoms with Crippen molar-refractivity contribution in [3.8, 4) is 0 Å². The lowest BCUT2D eigenvalue weighted by Crippen LogP contribution is -2.53. The van der Waals surface area contributed by atoms with Crippen molar-refractivity contribution in [1.29, 1.82) is 0 Å². The van der Waals surface area contributed by atoms with Crippen molar-refractivity contribution < 1.29 is 28.6 Å². The van der Waals surface area contributed by atoms with Gasteiger partial charge in [-0.15, -0.1) is 0 Å². The van der Waals surface area contributed by atoms with E-state index in [4.69, 9.17) is 14.2 Å². The molecule has 4 rings (SSSR count). The third-order valence-corrected chi connectivity index (χ3v) is 10.5. The van der Waals surface area contributed by atoms with Gasteiger partial charge in [-0.3, -0.25) is 14.4 Å². The number of hydrogen-bond donors (Lipinski definition) is 0. The highest BCUT2D eigenvalue weighted by Gasteiger charge is 2.60. The lowest BCUT2D eigenvalue weighted by atomic mass is 9.48. The van der Waals surface area contributed by atoms with E-state index in [9.17, 15) is 14.4 Å². The van der Waals surface area contributed by atoms with Crippen molar-refractivity contribution in [2.45, 2.75) is 111 Å². The average molecular weight is 489 g/mol. The molecule has 0 heterocycles. The summed E-state index contributed by atoms with van der Waals surface area (Å²) < 4.78 is 16.6. The Labute approximate surface area is 210 Å². The Morgan fingerprint density at radius 2 is 1.71 bits per heavy atom. The number of methoxy groups -OCH3 is 1. The molecule has 0 aromatic carbocycles. The molecule has 3 fully saturated rings. The summed E-state index contributed by atoms with van der Waals surface area (Å²) in [6, 6.07) is 0. The van der Waals surface area contributed by atoms with Gasteiger partial charge in [0.2, 0.25) is 0 Å². The molecule has 0 unspecified atom stereocenters. The maximum Gasteiger partial charge on any atom is 0.305 e. The van der Waals surface area contributed by atoms with Gasteiger partial charge in [0, 0.05) is 25.7 Å². The van der Waals surface area contributed by atoms with Gasteiger partial charge in [-0.05, 0) is 86.9 Å². The second-order valence-electron chi connectivity index (χ2n) is 12.2. The van der Waals surface area contributed by atoms with Crippen LogP contribution in [0.25, 0.3) is 0 Å². The van der Waals surface area contributed by atoms with Gasteiger partial charge in [0.1, 0.15) is 12.2 Å². The lowest BCUT2D eigenvalue weighted by molar-refractivity contribution is -0.160. The molecule has 0 radical (unpaired) electrons. The zero-order valence-electron chi connectivity index (χ0n) is 22.5. The molecule has 0 bridgehead atoms. The van der Waals surface area contributed by atoms with E-state index in [0.717, 1.165) is 57.8 Å². The molecule has 0 saturated heterocycles. The van der Waals surface area contributed by atoms with Crippen LogP contribution < -0.4 is 0 Å². The first kappa shape index (κ1) is 26.2. The highest BCUT2D eigenvalue weighted by Crippen LogP contribution is 2.66. The predicted octanol–water partition coefficient (Wildman–Crippen LogP) is 5.77. The zero-order valence-corrected chi connectivity index (χ0v) is 22.5. The summed E-state index contributed by atoms with van der Waals surface area (Å²) in [6.07, 6.45) is 9.26. The van der Waals surface area contributed by atoms with Crippen molar-refractivity contribution in [2.75, 3.05) is 7.11 Å².